The van der Waals surface area contributed by atoms with E-state index >= 15 is 0 Å². The first-order valence-electron chi connectivity index (χ1n) is 3.65. The average Bonchev–Trinajstić information content (AvgIpc) is 2.17. The van der Waals surface area contributed by atoms with Crippen molar-refractivity contribution in [2.45, 2.75) is 0 Å². The third kappa shape index (κ3) is 1.98. The molecule has 0 fully saturated rings. The molecule has 0 aliphatic carbocycles. The SMILES string of the molecule is CNc1cccc(C(=O)CCl)c1. The molecule has 0 amide bonds. The lowest BCUT2D eigenvalue weighted by molar-refractivity contribution is 0.102. The summed E-state index contributed by atoms with van der Waals surface area (Å²) in [6.45, 7) is 0. The molecule has 3 heteroatoms. The Morgan fingerprint density at radius 3 is 2.92 bits per heavy atom. The lowest BCUT2D eigenvalue weighted by atomic mass is 10.1. The number of benzene rings is 1. The summed E-state index contributed by atoms with van der Waals surface area (Å²) in [5, 5.41) is 2.95. The van der Waals surface area contributed by atoms with Gasteiger partial charge in [-0.25, -0.2) is 0 Å². The van der Waals surface area contributed by atoms with Gasteiger partial charge in [0.25, 0.3) is 0 Å². The largest absolute Gasteiger partial charge is 0.388 e. The van der Waals surface area contributed by atoms with Crippen LogP contribution in [0.15, 0.2) is 24.3 Å². The molecule has 1 aromatic carbocycles. The molecule has 12 heavy (non-hydrogen) atoms. The molecule has 1 rings (SSSR count). The van der Waals surface area contributed by atoms with Gasteiger partial charge in [0.05, 0.1) is 5.88 Å². The van der Waals surface area contributed by atoms with Gasteiger partial charge in [-0.15, -0.1) is 11.6 Å². The van der Waals surface area contributed by atoms with E-state index in [-0.39, 0.29) is 11.7 Å². The summed E-state index contributed by atoms with van der Waals surface area (Å²) in [5.74, 6) is -0.0125. The number of carbonyl (C=O) groups is 1. The molecule has 0 radical (unpaired) electrons. The lowest BCUT2D eigenvalue weighted by Crippen LogP contribution is -2.00. The molecule has 1 N–H and O–H groups in total. The maximum Gasteiger partial charge on any atom is 0.177 e. The number of anilines is 1. The zero-order valence-electron chi connectivity index (χ0n) is 6.80. The Morgan fingerprint density at radius 2 is 2.33 bits per heavy atom. The van der Waals surface area contributed by atoms with Crippen LogP contribution in [0.1, 0.15) is 10.4 Å². The fraction of sp³-hybridized carbons (Fsp3) is 0.222. The predicted octanol–water partition coefficient (Wildman–Crippen LogP) is 2.15. The van der Waals surface area contributed by atoms with Crippen LogP contribution in [-0.4, -0.2) is 18.7 Å². The first-order chi connectivity index (χ1) is 5.77. The average molecular weight is 184 g/mol. The van der Waals surface area contributed by atoms with Gasteiger partial charge in [0, 0.05) is 18.3 Å². The summed E-state index contributed by atoms with van der Waals surface area (Å²) in [4.78, 5) is 11.1. The molecule has 0 aliphatic heterocycles. The van der Waals surface area contributed by atoms with Crippen molar-refractivity contribution >= 4 is 23.1 Å². The molecule has 1 aromatic rings. The van der Waals surface area contributed by atoms with Gasteiger partial charge in [-0.2, -0.15) is 0 Å². The molecular weight excluding hydrogens is 174 g/mol. The monoisotopic (exact) mass is 183 g/mol. The topological polar surface area (TPSA) is 29.1 Å². The molecule has 64 valence electrons. The second-order valence-corrected chi connectivity index (χ2v) is 2.65. The summed E-state index contributed by atoms with van der Waals surface area (Å²) in [6, 6.07) is 7.26. The minimum atomic E-state index is -0.0474. The van der Waals surface area contributed by atoms with Crippen molar-refractivity contribution in [2.24, 2.45) is 0 Å². The van der Waals surface area contributed by atoms with E-state index in [2.05, 4.69) is 5.32 Å². The minimum absolute atomic E-state index is 0.0349. The van der Waals surface area contributed by atoms with Gasteiger partial charge >= 0.3 is 0 Å². The van der Waals surface area contributed by atoms with Crippen molar-refractivity contribution in [3.05, 3.63) is 29.8 Å². The standard InChI is InChI=1S/C9H10ClNO/c1-11-8-4-2-3-7(5-8)9(12)6-10/h2-5,11H,6H2,1H3. The van der Waals surface area contributed by atoms with Gasteiger partial charge in [-0.1, -0.05) is 12.1 Å². The summed E-state index contributed by atoms with van der Waals surface area (Å²) < 4.78 is 0. The second kappa shape index (κ2) is 4.12. The molecule has 0 unspecified atom stereocenters. The molecule has 0 saturated heterocycles. The van der Waals surface area contributed by atoms with Gasteiger partial charge in [0.2, 0.25) is 0 Å². The highest BCUT2D eigenvalue weighted by atomic mass is 35.5. The Balaban J connectivity index is 2.93. The van der Waals surface area contributed by atoms with Crippen molar-refractivity contribution < 1.29 is 4.79 Å². The number of carbonyl (C=O) groups excluding carboxylic acids is 1. The van der Waals surface area contributed by atoms with Gasteiger partial charge in [0.15, 0.2) is 5.78 Å². The van der Waals surface area contributed by atoms with E-state index in [1.807, 2.05) is 19.2 Å². The number of rotatable bonds is 3. The fourth-order valence-corrected chi connectivity index (χ4v) is 1.08. The molecule has 0 spiro atoms. The van der Waals surface area contributed by atoms with Crippen molar-refractivity contribution in [3.63, 3.8) is 0 Å². The van der Waals surface area contributed by atoms with Crippen molar-refractivity contribution in [2.75, 3.05) is 18.2 Å². The second-order valence-electron chi connectivity index (χ2n) is 2.39. The van der Waals surface area contributed by atoms with Gasteiger partial charge in [-0.3, -0.25) is 4.79 Å². The fourth-order valence-electron chi connectivity index (χ4n) is 0.925. The van der Waals surface area contributed by atoms with E-state index in [0.717, 1.165) is 5.69 Å². The Labute approximate surface area is 76.5 Å². The van der Waals surface area contributed by atoms with Crippen LogP contribution < -0.4 is 5.32 Å². The van der Waals surface area contributed by atoms with E-state index in [1.165, 1.54) is 0 Å². The van der Waals surface area contributed by atoms with Gasteiger partial charge in [-0.05, 0) is 12.1 Å². The highest BCUT2D eigenvalue weighted by molar-refractivity contribution is 6.30. The smallest absolute Gasteiger partial charge is 0.177 e. The highest BCUT2D eigenvalue weighted by Gasteiger charge is 2.02. The summed E-state index contributed by atoms with van der Waals surface area (Å²) in [7, 11) is 1.81. The van der Waals surface area contributed by atoms with Crippen LogP contribution in [0.3, 0.4) is 0 Å². The number of halogens is 1. The van der Waals surface area contributed by atoms with Crippen LogP contribution in [-0.2, 0) is 0 Å². The van der Waals surface area contributed by atoms with E-state index in [1.54, 1.807) is 12.1 Å². The number of nitrogens with one attached hydrogen (secondary N) is 1. The zero-order chi connectivity index (χ0) is 8.97. The van der Waals surface area contributed by atoms with Crippen LogP contribution >= 0.6 is 11.6 Å². The molecular formula is C9H10ClNO. The van der Waals surface area contributed by atoms with Crippen molar-refractivity contribution in [1.82, 2.24) is 0 Å². The molecule has 0 aromatic heterocycles. The first-order valence-corrected chi connectivity index (χ1v) is 4.18. The molecule has 2 nitrogen and oxygen atoms in total. The predicted molar refractivity (Wildman–Crippen MR) is 51.0 cm³/mol. The maximum absolute atomic E-state index is 11.1. The molecule has 0 aliphatic rings. The molecule has 0 atom stereocenters. The van der Waals surface area contributed by atoms with Crippen LogP contribution in [0.2, 0.25) is 0 Å². The molecule has 0 saturated carbocycles. The molecule has 0 bridgehead atoms. The zero-order valence-corrected chi connectivity index (χ0v) is 7.56. The quantitative estimate of drug-likeness (QED) is 0.575. The molecule has 0 heterocycles. The number of hydrogen-bond acceptors (Lipinski definition) is 2. The third-order valence-electron chi connectivity index (χ3n) is 1.59. The lowest BCUT2D eigenvalue weighted by Gasteiger charge is -2.01. The minimum Gasteiger partial charge on any atom is -0.388 e. The third-order valence-corrected chi connectivity index (χ3v) is 1.84. The van der Waals surface area contributed by atoms with Crippen LogP contribution in [0.4, 0.5) is 5.69 Å². The van der Waals surface area contributed by atoms with Crippen LogP contribution in [0.5, 0.6) is 0 Å². The Bertz CT molecular complexity index is 286. The van der Waals surface area contributed by atoms with Crippen LogP contribution in [0, 0.1) is 0 Å². The summed E-state index contributed by atoms with van der Waals surface area (Å²) in [5.41, 5.74) is 1.57. The van der Waals surface area contributed by atoms with Crippen molar-refractivity contribution in [3.8, 4) is 0 Å². The van der Waals surface area contributed by atoms with Gasteiger partial charge < -0.3 is 5.32 Å². The van der Waals surface area contributed by atoms with E-state index < -0.39 is 0 Å². The summed E-state index contributed by atoms with van der Waals surface area (Å²) >= 11 is 5.41. The number of hydrogen-bond donors (Lipinski definition) is 1. The van der Waals surface area contributed by atoms with E-state index in [0.29, 0.717) is 5.56 Å². The highest BCUT2D eigenvalue weighted by Crippen LogP contribution is 2.10. The van der Waals surface area contributed by atoms with E-state index in [9.17, 15) is 4.79 Å². The van der Waals surface area contributed by atoms with Crippen LogP contribution in [0.25, 0.3) is 0 Å². The number of alkyl halides is 1. The van der Waals surface area contributed by atoms with Gasteiger partial charge in [0.1, 0.15) is 0 Å². The van der Waals surface area contributed by atoms with E-state index in [4.69, 9.17) is 11.6 Å². The number of ketones is 1. The normalized spacial score (nSPS) is 9.50. The summed E-state index contributed by atoms with van der Waals surface area (Å²) in [6.07, 6.45) is 0. The maximum atomic E-state index is 11.1. The first kappa shape index (κ1) is 9.07. The Hall–Kier alpha value is -1.02. The van der Waals surface area contributed by atoms with Crippen molar-refractivity contribution in [1.29, 1.82) is 0 Å². The Kier molecular flexibility index (Phi) is 3.11. The number of Topliss-reactive ketones (excluding diaryl/α,β-unsaturated/α-hetero) is 1. The Morgan fingerprint density at radius 1 is 1.58 bits per heavy atom.